The molecule has 0 aliphatic rings. The molecule has 0 aliphatic carbocycles. The molecule has 1 atom stereocenters. The van der Waals surface area contributed by atoms with Gasteiger partial charge in [-0.1, -0.05) is 18.2 Å². The summed E-state index contributed by atoms with van der Waals surface area (Å²) in [5.41, 5.74) is 7.28. The van der Waals surface area contributed by atoms with E-state index in [4.69, 9.17) is 10.5 Å². The molecular formula is C13H21NOS. The van der Waals surface area contributed by atoms with Crippen LogP contribution in [-0.2, 0) is 0 Å². The van der Waals surface area contributed by atoms with E-state index in [0.29, 0.717) is 0 Å². The van der Waals surface area contributed by atoms with Crippen LogP contribution in [0.1, 0.15) is 31.9 Å². The van der Waals surface area contributed by atoms with E-state index in [0.717, 1.165) is 23.5 Å². The lowest BCUT2D eigenvalue weighted by Gasteiger charge is -2.18. The standard InChI is InChI=1S/C13H21NOS/c1-10(2)15-13-7-5-4-6-11(13)12(14)8-9-16-3/h4-7,10,12H,8-9,14H2,1-3H3. The third-order valence-electron chi connectivity index (χ3n) is 2.31. The van der Waals surface area contributed by atoms with Crippen LogP contribution in [0.4, 0.5) is 0 Å². The highest BCUT2D eigenvalue weighted by molar-refractivity contribution is 7.98. The fraction of sp³-hybridized carbons (Fsp3) is 0.538. The molecular weight excluding hydrogens is 218 g/mol. The van der Waals surface area contributed by atoms with Gasteiger partial charge in [-0.25, -0.2) is 0 Å². The first-order chi connectivity index (χ1) is 7.65. The van der Waals surface area contributed by atoms with Crippen molar-refractivity contribution < 1.29 is 4.74 Å². The molecule has 0 aromatic heterocycles. The van der Waals surface area contributed by atoms with E-state index in [1.807, 2.05) is 43.8 Å². The zero-order valence-electron chi connectivity index (χ0n) is 10.3. The van der Waals surface area contributed by atoms with Crippen molar-refractivity contribution in [2.75, 3.05) is 12.0 Å². The van der Waals surface area contributed by atoms with Gasteiger partial charge in [0.1, 0.15) is 5.75 Å². The highest BCUT2D eigenvalue weighted by Gasteiger charge is 2.12. The minimum absolute atomic E-state index is 0.0717. The second kappa shape index (κ2) is 6.81. The second-order valence-electron chi connectivity index (χ2n) is 4.09. The minimum atomic E-state index is 0.0717. The largest absolute Gasteiger partial charge is 0.491 e. The van der Waals surface area contributed by atoms with Crippen LogP contribution in [0.15, 0.2) is 24.3 Å². The number of benzene rings is 1. The van der Waals surface area contributed by atoms with E-state index in [9.17, 15) is 0 Å². The molecule has 2 N–H and O–H groups in total. The molecule has 0 aliphatic heterocycles. The maximum absolute atomic E-state index is 6.16. The number of thioether (sulfide) groups is 1. The van der Waals surface area contributed by atoms with Crippen molar-refractivity contribution in [3.63, 3.8) is 0 Å². The summed E-state index contributed by atoms with van der Waals surface area (Å²) in [5, 5.41) is 0. The quantitative estimate of drug-likeness (QED) is 0.828. The fourth-order valence-electron chi connectivity index (χ4n) is 1.55. The number of para-hydroxylation sites is 1. The zero-order chi connectivity index (χ0) is 12.0. The van der Waals surface area contributed by atoms with Gasteiger partial charge in [0.05, 0.1) is 6.10 Å². The highest BCUT2D eigenvalue weighted by atomic mass is 32.2. The van der Waals surface area contributed by atoms with E-state index >= 15 is 0 Å². The van der Waals surface area contributed by atoms with Gasteiger partial charge in [0.25, 0.3) is 0 Å². The van der Waals surface area contributed by atoms with Crippen molar-refractivity contribution in [1.29, 1.82) is 0 Å². The van der Waals surface area contributed by atoms with E-state index in [1.165, 1.54) is 0 Å². The van der Waals surface area contributed by atoms with Gasteiger partial charge in [0.2, 0.25) is 0 Å². The molecule has 0 saturated carbocycles. The normalized spacial score (nSPS) is 12.8. The molecule has 0 amide bonds. The van der Waals surface area contributed by atoms with E-state index in [-0.39, 0.29) is 12.1 Å². The van der Waals surface area contributed by atoms with E-state index in [2.05, 4.69) is 12.3 Å². The molecule has 1 unspecified atom stereocenters. The Morgan fingerprint density at radius 3 is 2.62 bits per heavy atom. The molecule has 0 spiro atoms. The number of ether oxygens (including phenoxy) is 1. The topological polar surface area (TPSA) is 35.2 Å². The van der Waals surface area contributed by atoms with Gasteiger partial charge in [0, 0.05) is 11.6 Å². The lowest BCUT2D eigenvalue weighted by molar-refractivity contribution is 0.238. The summed E-state index contributed by atoms with van der Waals surface area (Å²) in [5.74, 6) is 2.00. The van der Waals surface area contributed by atoms with Crippen LogP contribution < -0.4 is 10.5 Å². The first kappa shape index (κ1) is 13.4. The third-order valence-corrected chi connectivity index (χ3v) is 2.96. The maximum atomic E-state index is 6.16. The molecule has 0 fully saturated rings. The molecule has 1 rings (SSSR count). The molecule has 2 nitrogen and oxygen atoms in total. The molecule has 3 heteroatoms. The molecule has 90 valence electrons. The Balaban J connectivity index is 2.76. The molecule has 16 heavy (non-hydrogen) atoms. The zero-order valence-corrected chi connectivity index (χ0v) is 11.1. The van der Waals surface area contributed by atoms with Crippen molar-refractivity contribution in [3.05, 3.63) is 29.8 Å². The molecule has 0 radical (unpaired) electrons. The summed E-state index contributed by atoms with van der Waals surface area (Å²) in [7, 11) is 0. The smallest absolute Gasteiger partial charge is 0.124 e. The van der Waals surface area contributed by atoms with Crippen LogP contribution >= 0.6 is 11.8 Å². The monoisotopic (exact) mass is 239 g/mol. The summed E-state index contributed by atoms with van der Waals surface area (Å²) < 4.78 is 5.76. The van der Waals surface area contributed by atoms with Crippen LogP contribution in [0.25, 0.3) is 0 Å². The van der Waals surface area contributed by atoms with Crippen LogP contribution in [0.3, 0.4) is 0 Å². The van der Waals surface area contributed by atoms with Crippen LogP contribution in [0, 0.1) is 0 Å². The van der Waals surface area contributed by atoms with Gasteiger partial charge in [-0.15, -0.1) is 0 Å². The lowest BCUT2D eigenvalue weighted by atomic mass is 10.0. The van der Waals surface area contributed by atoms with Crippen LogP contribution in [0.2, 0.25) is 0 Å². The van der Waals surface area contributed by atoms with Crippen molar-refractivity contribution in [2.24, 2.45) is 5.73 Å². The third kappa shape index (κ3) is 4.06. The maximum Gasteiger partial charge on any atom is 0.124 e. The Bertz CT molecular complexity index is 315. The predicted octanol–water partition coefficient (Wildman–Crippen LogP) is 3.23. The summed E-state index contributed by atoms with van der Waals surface area (Å²) in [6.07, 6.45) is 3.27. The number of hydrogen-bond acceptors (Lipinski definition) is 3. The Morgan fingerprint density at radius 2 is 2.00 bits per heavy atom. The molecule has 0 heterocycles. The highest BCUT2D eigenvalue weighted by Crippen LogP contribution is 2.27. The summed E-state index contributed by atoms with van der Waals surface area (Å²) in [6, 6.07) is 8.13. The van der Waals surface area contributed by atoms with Gasteiger partial charge in [0.15, 0.2) is 0 Å². The van der Waals surface area contributed by atoms with Crippen molar-refractivity contribution in [2.45, 2.75) is 32.4 Å². The van der Waals surface area contributed by atoms with Gasteiger partial charge in [-0.3, -0.25) is 0 Å². The van der Waals surface area contributed by atoms with Crippen LogP contribution in [-0.4, -0.2) is 18.1 Å². The van der Waals surface area contributed by atoms with Gasteiger partial charge >= 0.3 is 0 Å². The predicted molar refractivity (Wildman–Crippen MR) is 72.1 cm³/mol. The number of nitrogens with two attached hydrogens (primary N) is 1. The van der Waals surface area contributed by atoms with Gasteiger partial charge in [-0.2, -0.15) is 11.8 Å². The van der Waals surface area contributed by atoms with Gasteiger partial charge in [-0.05, 0) is 38.3 Å². The number of hydrogen-bond donors (Lipinski definition) is 1. The Labute approximate surface area is 103 Å². The summed E-state index contributed by atoms with van der Waals surface area (Å²) in [4.78, 5) is 0. The second-order valence-corrected chi connectivity index (χ2v) is 5.08. The molecule has 0 saturated heterocycles. The SMILES string of the molecule is CSCCC(N)c1ccccc1OC(C)C. The first-order valence-electron chi connectivity index (χ1n) is 5.65. The van der Waals surface area contributed by atoms with Gasteiger partial charge < -0.3 is 10.5 Å². The average molecular weight is 239 g/mol. The Kier molecular flexibility index (Phi) is 5.71. The molecule has 0 bridgehead atoms. The van der Waals surface area contributed by atoms with E-state index < -0.39 is 0 Å². The Hall–Kier alpha value is -0.670. The van der Waals surface area contributed by atoms with Crippen molar-refractivity contribution in [3.8, 4) is 5.75 Å². The summed E-state index contributed by atoms with van der Waals surface area (Å²) in [6.45, 7) is 4.06. The number of rotatable bonds is 6. The average Bonchev–Trinajstić information content (AvgIpc) is 2.26. The minimum Gasteiger partial charge on any atom is -0.491 e. The van der Waals surface area contributed by atoms with Crippen molar-refractivity contribution in [1.82, 2.24) is 0 Å². The van der Waals surface area contributed by atoms with Crippen molar-refractivity contribution >= 4 is 11.8 Å². The molecule has 1 aromatic rings. The fourth-order valence-corrected chi connectivity index (χ4v) is 2.04. The van der Waals surface area contributed by atoms with Crippen LogP contribution in [0.5, 0.6) is 5.75 Å². The van der Waals surface area contributed by atoms with E-state index in [1.54, 1.807) is 0 Å². The molecule has 1 aromatic carbocycles. The lowest BCUT2D eigenvalue weighted by Crippen LogP contribution is -2.15. The Morgan fingerprint density at radius 1 is 1.31 bits per heavy atom. The first-order valence-corrected chi connectivity index (χ1v) is 7.04. The summed E-state index contributed by atoms with van der Waals surface area (Å²) >= 11 is 1.82.